The molecule has 0 unspecified atom stereocenters. The van der Waals surface area contributed by atoms with E-state index in [1.165, 1.54) is 11.3 Å². The molecule has 0 amide bonds. The summed E-state index contributed by atoms with van der Waals surface area (Å²) < 4.78 is 0.982. The van der Waals surface area contributed by atoms with Gasteiger partial charge in [-0.3, -0.25) is 0 Å². The van der Waals surface area contributed by atoms with Gasteiger partial charge in [0.2, 0.25) is 0 Å². The van der Waals surface area contributed by atoms with E-state index in [9.17, 15) is 9.90 Å². The SMILES string of the molecule is O=C(O)c1sc(-c2ccc(Br)cc2)nc1Cc1ccccc1. The molecule has 22 heavy (non-hydrogen) atoms. The molecule has 3 nitrogen and oxygen atoms in total. The molecule has 2 aromatic carbocycles. The average molecular weight is 374 g/mol. The Labute approximate surface area is 140 Å². The first-order valence-electron chi connectivity index (χ1n) is 6.66. The van der Waals surface area contributed by atoms with Crippen molar-refractivity contribution < 1.29 is 9.90 Å². The Bertz CT molecular complexity index is 797. The molecule has 0 saturated carbocycles. The summed E-state index contributed by atoms with van der Waals surface area (Å²) in [4.78, 5) is 16.3. The average Bonchev–Trinajstić information content (AvgIpc) is 2.93. The monoisotopic (exact) mass is 373 g/mol. The highest BCUT2D eigenvalue weighted by Crippen LogP contribution is 2.30. The fourth-order valence-electron chi connectivity index (χ4n) is 2.14. The summed E-state index contributed by atoms with van der Waals surface area (Å²) in [6, 6.07) is 17.5. The number of carbonyl (C=O) groups is 1. The summed E-state index contributed by atoms with van der Waals surface area (Å²) in [5.74, 6) is -0.924. The van der Waals surface area contributed by atoms with Gasteiger partial charge in [0.05, 0.1) is 5.69 Å². The van der Waals surface area contributed by atoms with Gasteiger partial charge in [-0.1, -0.05) is 58.4 Å². The maximum Gasteiger partial charge on any atom is 0.347 e. The van der Waals surface area contributed by atoms with Gasteiger partial charge in [-0.15, -0.1) is 11.3 Å². The quantitative estimate of drug-likeness (QED) is 0.710. The van der Waals surface area contributed by atoms with Crippen LogP contribution in [0.1, 0.15) is 20.9 Å². The topological polar surface area (TPSA) is 50.2 Å². The van der Waals surface area contributed by atoms with Crippen molar-refractivity contribution in [3.63, 3.8) is 0 Å². The number of hydrogen-bond donors (Lipinski definition) is 1. The fraction of sp³-hybridized carbons (Fsp3) is 0.0588. The minimum absolute atomic E-state index is 0.307. The van der Waals surface area contributed by atoms with E-state index in [1.807, 2.05) is 54.6 Å². The van der Waals surface area contributed by atoms with Crippen molar-refractivity contribution in [3.05, 3.63) is 75.2 Å². The molecule has 1 heterocycles. The Morgan fingerprint density at radius 2 is 1.77 bits per heavy atom. The Morgan fingerprint density at radius 3 is 2.41 bits per heavy atom. The van der Waals surface area contributed by atoms with Crippen molar-refractivity contribution in [2.45, 2.75) is 6.42 Å². The molecule has 5 heteroatoms. The number of benzene rings is 2. The predicted molar refractivity (Wildman–Crippen MR) is 91.5 cm³/mol. The number of hydrogen-bond acceptors (Lipinski definition) is 3. The van der Waals surface area contributed by atoms with Crippen LogP contribution in [0.3, 0.4) is 0 Å². The van der Waals surface area contributed by atoms with Crippen molar-refractivity contribution in [1.82, 2.24) is 4.98 Å². The first kappa shape index (κ1) is 14.9. The molecule has 3 aromatic rings. The molecule has 1 aromatic heterocycles. The van der Waals surface area contributed by atoms with Gasteiger partial charge in [-0.05, 0) is 17.7 Å². The maximum atomic E-state index is 11.5. The third-order valence-corrected chi connectivity index (χ3v) is 4.86. The smallest absolute Gasteiger partial charge is 0.347 e. The molecule has 0 spiro atoms. The molecule has 110 valence electrons. The molecule has 0 atom stereocenters. The molecular weight excluding hydrogens is 362 g/mol. The molecular formula is C17H12BrNO2S. The molecule has 0 aliphatic rings. The van der Waals surface area contributed by atoms with E-state index in [1.54, 1.807) is 0 Å². The van der Waals surface area contributed by atoms with E-state index >= 15 is 0 Å². The van der Waals surface area contributed by atoms with Crippen molar-refractivity contribution >= 4 is 33.2 Å². The number of rotatable bonds is 4. The first-order valence-corrected chi connectivity index (χ1v) is 8.27. The number of carboxylic acids is 1. The standard InChI is InChI=1S/C17H12BrNO2S/c18-13-8-6-12(7-9-13)16-19-14(15(22-16)17(20)21)10-11-4-2-1-3-5-11/h1-9H,10H2,(H,20,21). The molecule has 0 aliphatic heterocycles. The predicted octanol–water partition coefficient (Wildman–Crippen LogP) is 4.86. The number of aromatic carboxylic acids is 1. The summed E-state index contributed by atoms with van der Waals surface area (Å²) in [5, 5.41) is 10.1. The molecule has 0 saturated heterocycles. The number of carboxylic acid groups (broad SMARTS) is 1. The van der Waals surface area contributed by atoms with Crippen LogP contribution >= 0.6 is 27.3 Å². The molecule has 0 aliphatic carbocycles. The first-order chi connectivity index (χ1) is 10.6. The van der Waals surface area contributed by atoms with Crippen LogP contribution in [0, 0.1) is 0 Å². The Hall–Kier alpha value is -1.98. The van der Waals surface area contributed by atoms with Crippen molar-refractivity contribution in [1.29, 1.82) is 0 Å². The summed E-state index contributed by atoms with van der Waals surface area (Å²) in [7, 11) is 0. The van der Waals surface area contributed by atoms with Crippen LogP contribution in [0.25, 0.3) is 10.6 Å². The second kappa shape index (κ2) is 6.42. The Morgan fingerprint density at radius 1 is 1.09 bits per heavy atom. The molecule has 0 fully saturated rings. The van der Waals surface area contributed by atoms with E-state index in [4.69, 9.17) is 0 Å². The lowest BCUT2D eigenvalue weighted by Crippen LogP contribution is -1.99. The van der Waals surface area contributed by atoms with Gasteiger partial charge < -0.3 is 5.11 Å². The summed E-state index contributed by atoms with van der Waals surface area (Å²) in [6.45, 7) is 0. The molecule has 1 N–H and O–H groups in total. The van der Waals surface area contributed by atoms with E-state index in [0.717, 1.165) is 20.6 Å². The zero-order chi connectivity index (χ0) is 15.5. The van der Waals surface area contributed by atoms with E-state index in [0.29, 0.717) is 17.0 Å². The lowest BCUT2D eigenvalue weighted by atomic mass is 10.1. The number of halogens is 1. The van der Waals surface area contributed by atoms with Gasteiger partial charge in [-0.2, -0.15) is 0 Å². The van der Waals surface area contributed by atoms with Gasteiger partial charge in [0.1, 0.15) is 9.88 Å². The van der Waals surface area contributed by atoms with Crippen LogP contribution < -0.4 is 0 Å². The minimum atomic E-state index is -0.924. The van der Waals surface area contributed by atoms with E-state index < -0.39 is 5.97 Å². The van der Waals surface area contributed by atoms with Crippen molar-refractivity contribution in [3.8, 4) is 10.6 Å². The molecule has 0 radical (unpaired) electrons. The zero-order valence-corrected chi connectivity index (χ0v) is 13.9. The highest BCUT2D eigenvalue weighted by molar-refractivity contribution is 9.10. The largest absolute Gasteiger partial charge is 0.477 e. The molecule has 3 rings (SSSR count). The summed E-state index contributed by atoms with van der Waals surface area (Å²) in [5.41, 5.74) is 2.59. The highest BCUT2D eigenvalue weighted by atomic mass is 79.9. The van der Waals surface area contributed by atoms with Crippen LogP contribution in [0.4, 0.5) is 0 Å². The van der Waals surface area contributed by atoms with Gasteiger partial charge in [0.15, 0.2) is 0 Å². The Balaban J connectivity index is 1.99. The fourth-order valence-corrected chi connectivity index (χ4v) is 3.33. The third kappa shape index (κ3) is 3.26. The summed E-state index contributed by atoms with van der Waals surface area (Å²) >= 11 is 4.61. The second-order valence-electron chi connectivity index (χ2n) is 4.77. The Kier molecular flexibility index (Phi) is 4.36. The summed E-state index contributed by atoms with van der Waals surface area (Å²) in [6.07, 6.45) is 0.523. The van der Waals surface area contributed by atoms with Crippen LogP contribution in [0.2, 0.25) is 0 Å². The van der Waals surface area contributed by atoms with Crippen LogP contribution in [0.15, 0.2) is 59.1 Å². The lowest BCUT2D eigenvalue weighted by Gasteiger charge is -1.99. The number of aromatic nitrogens is 1. The minimum Gasteiger partial charge on any atom is -0.477 e. The van der Waals surface area contributed by atoms with Gasteiger partial charge in [0.25, 0.3) is 0 Å². The second-order valence-corrected chi connectivity index (χ2v) is 6.68. The van der Waals surface area contributed by atoms with Gasteiger partial charge in [0, 0.05) is 16.5 Å². The maximum absolute atomic E-state index is 11.5. The van der Waals surface area contributed by atoms with E-state index in [2.05, 4.69) is 20.9 Å². The normalized spacial score (nSPS) is 10.6. The van der Waals surface area contributed by atoms with E-state index in [-0.39, 0.29) is 0 Å². The third-order valence-electron chi connectivity index (χ3n) is 3.20. The van der Waals surface area contributed by atoms with Crippen molar-refractivity contribution in [2.24, 2.45) is 0 Å². The van der Waals surface area contributed by atoms with Crippen molar-refractivity contribution in [2.75, 3.05) is 0 Å². The number of nitrogens with zero attached hydrogens (tertiary/aromatic N) is 1. The zero-order valence-electron chi connectivity index (χ0n) is 11.5. The molecule has 0 bridgehead atoms. The van der Waals surface area contributed by atoms with Crippen LogP contribution in [-0.2, 0) is 6.42 Å². The van der Waals surface area contributed by atoms with Gasteiger partial charge >= 0.3 is 5.97 Å². The highest BCUT2D eigenvalue weighted by Gasteiger charge is 2.18. The van der Waals surface area contributed by atoms with Crippen LogP contribution in [-0.4, -0.2) is 16.1 Å². The van der Waals surface area contributed by atoms with Gasteiger partial charge in [-0.25, -0.2) is 9.78 Å². The lowest BCUT2D eigenvalue weighted by molar-refractivity contribution is 0.0701. The van der Waals surface area contributed by atoms with Crippen LogP contribution in [0.5, 0.6) is 0 Å². The number of thiazole rings is 1.